The Morgan fingerprint density at radius 1 is 1.13 bits per heavy atom. The van der Waals surface area contributed by atoms with Gasteiger partial charge in [0.1, 0.15) is 11.4 Å². The monoisotopic (exact) mass is 320 g/mol. The van der Waals surface area contributed by atoms with Crippen molar-refractivity contribution in [3.63, 3.8) is 0 Å². The summed E-state index contributed by atoms with van der Waals surface area (Å²) in [7, 11) is 0. The molecule has 128 valence electrons. The zero-order valence-corrected chi connectivity index (χ0v) is 14.6. The van der Waals surface area contributed by atoms with Crippen LogP contribution in [0.5, 0.6) is 0 Å². The van der Waals surface area contributed by atoms with Crippen LogP contribution in [0, 0.1) is 0 Å². The Bertz CT molecular complexity index is 495. The van der Waals surface area contributed by atoms with Crippen molar-refractivity contribution in [2.45, 2.75) is 46.3 Å². The second kappa shape index (κ2) is 9.30. The molecule has 5 nitrogen and oxygen atoms in total. The molecule has 0 aliphatic carbocycles. The summed E-state index contributed by atoms with van der Waals surface area (Å²) >= 11 is 0. The second-order valence-corrected chi connectivity index (χ2v) is 6.64. The minimum Gasteiger partial charge on any atom is -0.444 e. The van der Waals surface area contributed by atoms with Crippen LogP contribution >= 0.6 is 0 Å². The highest BCUT2D eigenvalue weighted by molar-refractivity contribution is 5.75. The molecule has 0 heterocycles. The molecular weight excluding hydrogens is 292 g/mol. The van der Waals surface area contributed by atoms with Crippen molar-refractivity contribution in [2.24, 2.45) is 0 Å². The number of rotatable bonds is 8. The van der Waals surface area contributed by atoms with E-state index in [2.05, 4.69) is 22.3 Å². The van der Waals surface area contributed by atoms with E-state index in [1.54, 1.807) is 6.92 Å². The molecule has 0 spiro atoms. The SMILES string of the molecule is CC(=O)CCN(CCNC(=O)OC(C)(C)C)Cc1ccccc1. The minimum absolute atomic E-state index is 0.170. The van der Waals surface area contributed by atoms with Gasteiger partial charge in [-0.15, -0.1) is 0 Å². The molecule has 0 unspecified atom stereocenters. The van der Waals surface area contributed by atoms with Crippen molar-refractivity contribution in [3.05, 3.63) is 35.9 Å². The zero-order chi connectivity index (χ0) is 17.3. The van der Waals surface area contributed by atoms with Crippen LogP contribution in [-0.2, 0) is 16.1 Å². The van der Waals surface area contributed by atoms with Crippen LogP contribution in [0.15, 0.2) is 30.3 Å². The molecule has 23 heavy (non-hydrogen) atoms. The number of hydrogen-bond donors (Lipinski definition) is 1. The first kappa shape index (κ1) is 19.2. The molecule has 0 saturated heterocycles. The molecule has 1 aromatic carbocycles. The quantitative estimate of drug-likeness (QED) is 0.800. The lowest BCUT2D eigenvalue weighted by molar-refractivity contribution is -0.117. The molecule has 0 aliphatic heterocycles. The Morgan fingerprint density at radius 2 is 1.78 bits per heavy atom. The molecule has 1 rings (SSSR count). The number of amides is 1. The Balaban J connectivity index is 2.46. The third-order valence-electron chi connectivity index (χ3n) is 3.13. The van der Waals surface area contributed by atoms with Crippen molar-refractivity contribution in [1.82, 2.24) is 10.2 Å². The number of ether oxygens (including phenoxy) is 1. The molecule has 0 fully saturated rings. The van der Waals surface area contributed by atoms with Crippen LogP contribution in [0.4, 0.5) is 4.79 Å². The van der Waals surface area contributed by atoms with Crippen LogP contribution in [0.25, 0.3) is 0 Å². The molecule has 1 aromatic rings. The average molecular weight is 320 g/mol. The van der Waals surface area contributed by atoms with Gasteiger partial charge in [0.15, 0.2) is 0 Å². The molecule has 0 bridgehead atoms. The Kier molecular flexibility index (Phi) is 7.75. The van der Waals surface area contributed by atoms with Crippen molar-refractivity contribution >= 4 is 11.9 Å². The standard InChI is InChI=1S/C18H28N2O3/c1-15(21)10-12-20(14-16-8-6-5-7-9-16)13-11-19-17(22)23-18(2,3)4/h5-9H,10-14H2,1-4H3,(H,19,22). The topological polar surface area (TPSA) is 58.6 Å². The first-order valence-corrected chi connectivity index (χ1v) is 7.99. The van der Waals surface area contributed by atoms with E-state index < -0.39 is 11.7 Å². The molecule has 1 amide bonds. The van der Waals surface area contributed by atoms with Gasteiger partial charge >= 0.3 is 6.09 Å². The largest absolute Gasteiger partial charge is 0.444 e. The third-order valence-corrected chi connectivity index (χ3v) is 3.13. The van der Waals surface area contributed by atoms with E-state index in [4.69, 9.17) is 4.74 Å². The summed E-state index contributed by atoms with van der Waals surface area (Å²) in [6.45, 7) is 9.69. The highest BCUT2D eigenvalue weighted by Crippen LogP contribution is 2.07. The van der Waals surface area contributed by atoms with E-state index in [1.807, 2.05) is 39.0 Å². The maximum Gasteiger partial charge on any atom is 0.407 e. The van der Waals surface area contributed by atoms with Gasteiger partial charge in [-0.2, -0.15) is 0 Å². The minimum atomic E-state index is -0.498. The fourth-order valence-corrected chi connectivity index (χ4v) is 2.06. The molecular formula is C18H28N2O3. The third kappa shape index (κ3) is 9.68. The van der Waals surface area contributed by atoms with Crippen molar-refractivity contribution < 1.29 is 14.3 Å². The molecule has 1 N–H and O–H groups in total. The molecule has 0 saturated carbocycles. The number of benzene rings is 1. The summed E-state index contributed by atoms with van der Waals surface area (Å²) in [5.74, 6) is 0.170. The highest BCUT2D eigenvalue weighted by Gasteiger charge is 2.16. The van der Waals surface area contributed by atoms with Gasteiger partial charge in [-0.05, 0) is 33.3 Å². The highest BCUT2D eigenvalue weighted by atomic mass is 16.6. The molecule has 0 aliphatic rings. The second-order valence-electron chi connectivity index (χ2n) is 6.64. The Labute approximate surface area is 139 Å². The summed E-state index contributed by atoms with van der Waals surface area (Å²) in [5.41, 5.74) is 0.691. The van der Waals surface area contributed by atoms with E-state index in [9.17, 15) is 9.59 Å². The van der Waals surface area contributed by atoms with Gasteiger partial charge in [0.2, 0.25) is 0 Å². The van der Waals surface area contributed by atoms with Gasteiger partial charge in [-0.1, -0.05) is 30.3 Å². The Hall–Kier alpha value is -1.88. The molecule has 5 heteroatoms. The predicted molar refractivity (Wildman–Crippen MR) is 91.3 cm³/mol. The summed E-state index contributed by atoms with van der Waals surface area (Å²) in [4.78, 5) is 25.0. The van der Waals surface area contributed by atoms with E-state index in [0.29, 0.717) is 26.1 Å². The number of nitrogens with one attached hydrogen (secondary N) is 1. The summed E-state index contributed by atoms with van der Waals surface area (Å²) in [5, 5.41) is 2.76. The van der Waals surface area contributed by atoms with Crippen molar-refractivity contribution in [2.75, 3.05) is 19.6 Å². The number of alkyl carbamates (subject to hydrolysis) is 1. The van der Waals surface area contributed by atoms with E-state index >= 15 is 0 Å². The van der Waals surface area contributed by atoms with Crippen LogP contribution in [-0.4, -0.2) is 42.0 Å². The summed E-state index contributed by atoms with van der Waals surface area (Å²) in [6, 6.07) is 10.1. The molecule has 0 atom stereocenters. The van der Waals surface area contributed by atoms with Gasteiger partial charge in [-0.3, -0.25) is 9.69 Å². The first-order chi connectivity index (χ1) is 10.8. The zero-order valence-electron chi connectivity index (χ0n) is 14.6. The number of carbonyl (C=O) groups is 2. The van der Waals surface area contributed by atoms with E-state index in [0.717, 1.165) is 6.54 Å². The smallest absolute Gasteiger partial charge is 0.407 e. The van der Waals surface area contributed by atoms with Crippen LogP contribution < -0.4 is 5.32 Å². The fourth-order valence-electron chi connectivity index (χ4n) is 2.06. The van der Waals surface area contributed by atoms with E-state index in [1.165, 1.54) is 5.56 Å². The number of carbonyl (C=O) groups excluding carboxylic acids is 2. The maximum atomic E-state index is 11.7. The van der Waals surface area contributed by atoms with Gasteiger partial charge in [0.25, 0.3) is 0 Å². The Morgan fingerprint density at radius 3 is 2.35 bits per heavy atom. The summed E-state index contributed by atoms with van der Waals surface area (Å²) < 4.78 is 5.21. The van der Waals surface area contributed by atoms with Crippen molar-refractivity contribution in [3.8, 4) is 0 Å². The predicted octanol–water partition coefficient (Wildman–Crippen LogP) is 2.99. The van der Waals surface area contributed by atoms with Crippen LogP contribution in [0.2, 0.25) is 0 Å². The molecule has 0 aromatic heterocycles. The van der Waals surface area contributed by atoms with Gasteiger partial charge in [0.05, 0.1) is 0 Å². The van der Waals surface area contributed by atoms with Crippen molar-refractivity contribution in [1.29, 1.82) is 0 Å². The van der Waals surface area contributed by atoms with Crippen LogP contribution in [0.1, 0.15) is 39.7 Å². The van der Waals surface area contributed by atoms with Gasteiger partial charge in [-0.25, -0.2) is 4.79 Å². The number of ketones is 1. The lowest BCUT2D eigenvalue weighted by atomic mass is 10.2. The number of Topliss-reactive ketones (excluding diaryl/α,β-unsaturated/α-hetero) is 1. The fraction of sp³-hybridized carbons (Fsp3) is 0.556. The first-order valence-electron chi connectivity index (χ1n) is 7.99. The maximum absolute atomic E-state index is 11.7. The van der Waals surface area contributed by atoms with Gasteiger partial charge < -0.3 is 10.1 Å². The average Bonchev–Trinajstić information content (AvgIpc) is 2.43. The van der Waals surface area contributed by atoms with Crippen LogP contribution in [0.3, 0.4) is 0 Å². The van der Waals surface area contributed by atoms with E-state index in [-0.39, 0.29) is 5.78 Å². The lowest BCUT2D eigenvalue weighted by Crippen LogP contribution is -2.38. The molecule has 0 radical (unpaired) electrons. The summed E-state index contributed by atoms with van der Waals surface area (Å²) in [6.07, 6.45) is 0.1000. The number of hydrogen-bond acceptors (Lipinski definition) is 4. The number of nitrogens with zero attached hydrogens (tertiary/aromatic N) is 1. The normalized spacial score (nSPS) is 11.3. The lowest BCUT2D eigenvalue weighted by Gasteiger charge is -2.23. The van der Waals surface area contributed by atoms with Gasteiger partial charge in [0, 0.05) is 32.6 Å².